The summed E-state index contributed by atoms with van der Waals surface area (Å²) in [5.41, 5.74) is 0.705. The number of halogens is 1. The van der Waals surface area contributed by atoms with Crippen LogP contribution in [0.5, 0.6) is 11.5 Å². The molecular weight excluding hydrogens is 316 g/mol. The molecule has 3 rings (SSSR count). The molecule has 1 saturated heterocycles. The van der Waals surface area contributed by atoms with Crippen LogP contribution < -0.4 is 14.8 Å². The Labute approximate surface area is 141 Å². The summed E-state index contributed by atoms with van der Waals surface area (Å²) < 4.78 is 11.0. The minimum atomic E-state index is 0.123. The molecule has 5 nitrogen and oxygen atoms in total. The maximum atomic E-state index is 12.4. The van der Waals surface area contributed by atoms with Crippen LogP contribution in [0, 0.1) is 0 Å². The molecule has 1 amide bonds. The first-order valence-corrected chi connectivity index (χ1v) is 8.72. The number of hydrogen-bond donors (Lipinski definition) is 1. The fourth-order valence-corrected chi connectivity index (χ4v) is 3.20. The quantitative estimate of drug-likeness (QED) is 0.918. The minimum absolute atomic E-state index is 0.123. The molecule has 23 heavy (non-hydrogen) atoms. The van der Waals surface area contributed by atoms with Crippen molar-refractivity contribution in [3.8, 4) is 11.5 Å². The lowest BCUT2D eigenvalue weighted by Crippen LogP contribution is -2.37. The van der Waals surface area contributed by atoms with E-state index >= 15 is 0 Å². The number of carbonyl (C=O) groups is 1. The van der Waals surface area contributed by atoms with E-state index in [0.717, 1.165) is 25.9 Å². The molecule has 0 saturated carbocycles. The van der Waals surface area contributed by atoms with Gasteiger partial charge in [-0.25, -0.2) is 0 Å². The molecule has 0 unspecified atom stereocenters. The van der Waals surface area contributed by atoms with Crippen LogP contribution in [0.15, 0.2) is 12.1 Å². The molecule has 0 radical (unpaired) electrons. The van der Waals surface area contributed by atoms with Crippen molar-refractivity contribution in [2.75, 3.05) is 38.2 Å². The average Bonchev–Trinajstić information content (AvgIpc) is 2.52. The van der Waals surface area contributed by atoms with E-state index in [1.165, 1.54) is 19.3 Å². The van der Waals surface area contributed by atoms with Crippen molar-refractivity contribution in [3.05, 3.63) is 17.2 Å². The van der Waals surface area contributed by atoms with Gasteiger partial charge in [-0.1, -0.05) is 30.9 Å². The summed E-state index contributed by atoms with van der Waals surface area (Å²) in [7, 11) is 0. The number of amides is 1. The third kappa shape index (κ3) is 4.22. The van der Waals surface area contributed by atoms with Gasteiger partial charge in [0.05, 0.1) is 17.3 Å². The minimum Gasteiger partial charge on any atom is -0.486 e. The topological polar surface area (TPSA) is 50.8 Å². The maximum absolute atomic E-state index is 12.4. The number of benzene rings is 1. The molecule has 6 heteroatoms. The van der Waals surface area contributed by atoms with E-state index in [1.807, 2.05) is 4.90 Å². The molecule has 1 aromatic carbocycles. The molecule has 0 atom stereocenters. The average molecular weight is 339 g/mol. The molecule has 0 bridgehead atoms. The van der Waals surface area contributed by atoms with Crippen LogP contribution in [0.3, 0.4) is 0 Å². The van der Waals surface area contributed by atoms with E-state index in [2.05, 4.69) is 5.32 Å². The van der Waals surface area contributed by atoms with Crippen LogP contribution in [0.2, 0.25) is 5.02 Å². The van der Waals surface area contributed by atoms with Crippen molar-refractivity contribution in [1.29, 1.82) is 0 Å². The molecule has 2 aliphatic rings. The third-order valence-electron chi connectivity index (χ3n) is 4.27. The normalized spacial score (nSPS) is 18.0. The fraction of sp³-hybridized carbons (Fsp3) is 0.588. The van der Waals surface area contributed by atoms with E-state index in [-0.39, 0.29) is 12.5 Å². The van der Waals surface area contributed by atoms with Crippen molar-refractivity contribution < 1.29 is 14.3 Å². The summed E-state index contributed by atoms with van der Waals surface area (Å²) in [5, 5.41) is 3.67. The van der Waals surface area contributed by atoms with Gasteiger partial charge in [-0.05, 0) is 12.8 Å². The molecule has 0 aromatic heterocycles. The maximum Gasteiger partial charge on any atom is 0.241 e. The number of nitrogens with one attached hydrogen (secondary N) is 1. The number of carbonyl (C=O) groups excluding carboxylic acids is 1. The Balaban J connectivity index is 1.59. The highest BCUT2D eigenvalue weighted by atomic mass is 35.5. The summed E-state index contributed by atoms with van der Waals surface area (Å²) in [6.45, 7) is 3.02. The second-order valence-electron chi connectivity index (χ2n) is 5.98. The van der Waals surface area contributed by atoms with Gasteiger partial charge in [0.1, 0.15) is 13.2 Å². The number of nitrogens with zero attached hydrogens (tertiary/aromatic N) is 1. The van der Waals surface area contributed by atoms with Crippen LogP contribution in [0.4, 0.5) is 5.69 Å². The third-order valence-corrected chi connectivity index (χ3v) is 4.58. The van der Waals surface area contributed by atoms with Gasteiger partial charge < -0.3 is 19.7 Å². The van der Waals surface area contributed by atoms with E-state index in [0.29, 0.717) is 35.4 Å². The summed E-state index contributed by atoms with van der Waals surface area (Å²) in [4.78, 5) is 14.4. The second-order valence-corrected chi connectivity index (χ2v) is 6.39. The van der Waals surface area contributed by atoms with E-state index in [4.69, 9.17) is 21.1 Å². The molecular formula is C17H23ClN2O3. The van der Waals surface area contributed by atoms with Gasteiger partial charge in [0.2, 0.25) is 5.91 Å². The second kappa shape index (κ2) is 7.77. The molecule has 1 aromatic rings. The number of ether oxygens (including phenoxy) is 2. The Morgan fingerprint density at radius 3 is 2.35 bits per heavy atom. The fourth-order valence-electron chi connectivity index (χ4n) is 2.98. The largest absolute Gasteiger partial charge is 0.486 e. The highest BCUT2D eigenvalue weighted by Crippen LogP contribution is 2.37. The number of likely N-dealkylation sites (tertiary alicyclic amines) is 1. The van der Waals surface area contributed by atoms with Crippen molar-refractivity contribution in [3.63, 3.8) is 0 Å². The molecule has 0 spiro atoms. The van der Waals surface area contributed by atoms with Crippen LogP contribution in [-0.4, -0.2) is 43.7 Å². The summed E-state index contributed by atoms with van der Waals surface area (Å²) in [6, 6.07) is 3.54. The van der Waals surface area contributed by atoms with Crippen molar-refractivity contribution in [2.45, 2.75) is 32.1 Å². The van der Waals surface area contributed by atoms with E-state index < -0.39 is 0 Å². The van der Waals surface area contributed by atoms with E-state index in [9.17, 15) is 4.79 Å². The highest BCUT2D eigenvalue weighted by Gasteiger charge is 2.17. The van der Waals surface area contributed by atoms with Gasteiger partial charge in [-0.3, -0.25) is 4.79 Å². The van der Waals surface area contributed by atoms with Crippen molar-refractivity contribution in [1.82, 2.24) is 4.90 Å². The lowest BCUT2D eigenvalue weighted by atomic mass is 10.1. The Morgan fingerprint density at radius 2 is 1.65 bits per heavy atom. The Kier molecular flexibility index (Phi) is 5.49. The SMILES string of the molecule is O=C(CNc1cc2c(cc1Cl)OCCO2)N1CCCCCCC1. The monoisotopic (exact) mass is 338 g/mol. The molecule has 2 heterocycles. The van der Waals surface area contributed by atoms with Crippen LogP contribution in [-0.2, 0) is 4.79 Å². The first kappa shape index (κ1) is 16.2. The number of hydrogen-bond acceptors (Lipinski definition) is 4. The van der Waals surface area contributed by atoms with Crippen molar-refractivity contribution >= 4 is 23.2 Å². The number of rotatable bonds is 3. The van der Waals surface area contributed by atoms with E-state index in [1.54, 1.807) is 12.1 Å². The van der Waals surface area contributed by atoms with Gasteiger partial charge in [0, 0.05) is 25.2 Å². The van der Waals surface area contributed by atoms with Gasteiger partial charge >= 0.3 is 0 Å². The zero-order chi connectivity index (χ0) is 16.1. The van der Waals surface area contributed by atoms with Crippen LogP contribution in [0.1, 0.15) is 32.1 Å². The molecule has 2 aliphatic heterocycles. The van der Waals surface area contributed by atoms with Gasteiger partial charge in [-0.2, -0.15) is 0 Å². The predicted octanol–water partition coefficient (Wildman–Crippen LogP) is 3.32. The lowest BCUT2D eigenvalue weighted by Gasteiger charge is -2.25. The van der Waals surface area contributed by atoms with Crippen molar-refractivity contribution in [2.24, 2.45) is 0 Å². The van der Waals surface area contributed by atoms with Gasteiger partial charge in [0.15, 0.2) is 11.5 Å². The molecule has 1 N–H and O–H groups in total. The van der Waals surface area contributed by atoms with Gasteiger partial charge in [-0.15, -0.1) is 0 Å². The summed E-state index contributed by atoms with van der Waals surface area (Å²) in [5.74, 6) is 1.45. The molecule has 1 fully saturated rings. The first-order chi connectivity index (χ1) is 11.2. The smallest absolute Gasteiger partial charge is 0.241 e. The molecule has 0 aliphatic carbocycles. The first-order valence-electron chi connectivity index (χ1n) is 8.35. The number of anilines is 1. The highest BCUT2D eigenvalue weighted by molar-refractivity contribution is 6.33. The Morgan fingerprint density at radius 1 is 1.04 bits per heavy atom. The predicted molar refractivity (Wildman–Crippen MR) is 90.6 cm³/mol. The van der Waals surface area contributed by atoms with Crippen LogP contribution in [0.25, 0.3) is 0 Å². The zero-order valence-corrected chi connectivity index (χ0v) is 14.0. The van der Waals surface area contributed by atoms with Crippen LogP contribution >= 0.6 is 11.6 Å². The Bertz CT molecular complexity index is 557. The number of fused-ring (bicyclic) bond motifs is 1. The summed E-state index contributed by atoms with van der Waals surface area (Å²) in [6.07, 6.45) is 5.90. The zero-order valence-electron chi connectivity index (χ0n) is 13.3. The van der Waals surface area contributed by atoms with Gasteiger partial charge in [0.25, 0.3) is 0 Å². The Hall–Kier alpha value is -1.62. The summed E-state index contributed by atoms with van der Waals surface area (Å²) >= 11 is 6.26. The standard InChI is InChI=1S/C17H23ClN2O3/c18-13-10-15-16(23-9-8-22-15)11-14(13)19-12-17(21)20-6-4-2-1-3-5-7-20/h10-11,19H,1-9,12H2. The lowest BCUT2D eigenvalue weighted by molar-refractivity contribution is -0.129. The molecule has 126 valence electrons.